The summed E-state index contributed by atoms with van der Waals surface area (Å²) >= 11 is 0. The lowest BCUT2D eigenvalue weighted by Gasteiger charge is -2.30. The zero-order chi connectivity index (χ0) is 23.7. The Morgan fingerprint density at radius 1 is 0.771 bits per heavy atom. The first-order valence-electron chi connectivity index (χ1n) is 11.0. The van der Waals surface area contributed by atoms with Crippen LogP contribution in [0.1, 0.15) is 16.7 Å². The average Bonchev–Trinajstić information content (AvgIpc) is 3.35. The number of ether oxygens (including phenoxy) is 2. The van der Waals surface area contributed by atoms with Crippen molar-refractivity contribution in [3.8, 4) is 29.1 Å². The zero-order valence-electron chi connectivity index (χ0n) is 18.5. The number of para-hydroxylation sites is 2. The first kappa shape index (κ1) is 21.1. The van der Waals surface area contributed by atoms with Gasteiger partial charge in [0, 0.05) is 11.6 Å². The minimum atomic E-state index is -3.14. The quantitative estimate of drug-likeness (QED) is 0.276. The molecule has 0 radical (unpaired) electrons. The van der Waals surface area contributed by atoms with Crippen LogP contribution in [0, 0.1) is 11.3 Å². The summed E-state index contributed by atoms with van der Waals surface area (Å²) in [6, 6.07) is 32.4. The Morgan fingerprint density at radius 2 is 1.37 bits per heavy atom. The molecule has 0 fully saturated rings. The molecule has 6 nitrogen and oxygen atoms in total. The normalized spacial score (nSPS) is 14.7. The molecule has 0 bridgehead atoms. The van der Waals surface area contributed by atoms with Crippen LogP contribution in [0.2, 0.25) is 0 Å². The van der Waals surface area contributed by atoms with E-state index in [2.05, 4.69) is 6.07 Å². The molecule has 4 aromatic carbocycles. The lowest BCUT2D eigenvalue weighted by atomic mass is 10.1. The van der Waals surface area contributed by atoms with Crippen LogP contribution in [0.25, 0.3) is 11.4 Å². The molecule has 7 heteroatoms. The molecule has 4 aromatic rings. The average molecular weight is 478 g/mol. The Balaban J connectivity index is 1.60. The van der Waals surface area contributed by atoms with Crippen LogP contribution in [-0.4, -0.2) is 6.79 Å². The minimum Gasteiger partial charge on any atom is -0.454 e. The molecule has 2 aliphatic heterocycles. The zero-order valence-corrected chi connectivity index (χ0v) is 19.4. The van der Waals surface area contributed by atoms with Gasteiger partial charge in [-0.2, -0.15) is 10.0 Å². The van der Waals surface area contributed by atoms with Gasteiger partial charge in [-0.15, -0.1) is 0 Å². The van der Waals surface area contributed by atoms with E-state index < -0.39 is 7.51 Å². The summed E-state index contributed by atoms with van der Waals surface area (Å²) in [6.07, 6.45) is 2.03. The van der Waals surface area contributed by atoms with E-state index in [1.807, 2.05) is 91.0 Å². The molecule has 2 heterocycles. The lowest BCUT2D eigenvalue weighted by Crippen LogP contribution is -2.06. The number of fused-ring (bicyclic) bond motifs is 2. The number of nitrogens with zero attached hydrogens (tertiary/aromatic N) is 2. The second kappa shape index (κ2) is 8.72. The Morgan fingerprint density at radius 3 is 1.97 bits per heavy atom. The summed E-state index contributed by atoms with van der Waals surface area (Å²) in [4.78, 5) is 0. The van der Waals surface area contributed by atoms with E-state index in [0.29, 0.717) is 34.2 Å². The van der Waals surface area contributed by atoms with Gasteiger partial charge in [-0.3, -0.25) is 0 Å². The van der Waals surface area contributed by atoms with Crippen molar-refractivity contribution in [2.45, 2.75) is 0 Å². The molecule has 35 heavy (non-hydrogen) atoms. The summed E-state index contributed by atoms with van der Waals surface area (Å²) in [5, 5.41) is 10.1. The van der Waals surface area contributed by atoms with E-state index in [0.717, 1.165) is 16.4 Å². The van der Waals surface area contributed by atoms with Crippen LogP contribution in [0.3, 0.4) is 0 Å². The molecule has 0 saturated carbocycles. The largest absolute Gasteiger partial charge is 0.454 e. The van der Waals surface area contributed by atoms with Gasteiger partial charge in [0.05, 0.1) is 22.6 Å². The highest BCUT2D eigenvalue weighted by molar-refractivity contribution is 7.68. The van der Waals surface area contributed by atoms with Gasteiger partial charge in [0.1, 0.15) is 11.5 Å². The second-order valence-electron chi connectivity index (χ2n) is 7.91. The molecular weight excluding hydrogens is 459 g/mol. The lowest BCUT2D eigenvalue weighted by molar-refractivity contribution is 0.174. The Labute approximate surface area is 202 Å². The second-order valence-corrected chi connectivity index (χ2v) is 10.00. The predicted octanol–water partition coefficient (Wildman–Crippen LogP) is 7.62. The van der Waals surface area contributed by atoms with Crippen molar-refractivity contribution in [2.75, 3.05) is 6.79 Å². The van der Waals surface area contributed by atoms with Crippen LogP contribution in [0.4, 0.5) is 5.69 Å². The van der Waals surface area contributed by atoms with Crippen molar-refractivity contribution in [3.05, 3.63) is 114 Å². The van der Waals surface area contributed by atoms with E-state index in [9.17, 15) is 5.26 Å². The summed E-state index contributed by atoms with van der Waals surface area (Å²) < 4.78 is 29.7. The van der Waals surface area contributed by atoms with Crippen LogP contribution in [0.5, 0.6) is 23.0 Å². The fraction of sp³-hybridized carbons (Fsp3) is 0.0357. The highest BCUT2D eigenvalue weighted by Gasteiger charge is 2.37. The molecule has 2 aliphatic rings. The molecule has 0 atom stereocenters. The Bertz CT molecular complexity index is 1480. The maximum atomic E-state index is 9.30. The smallest absolute Gasteiger partial charge is 0.352 e. The van der Waals surface area contributed by atoms with Crippen LogP contribution in [0.15, 0.2) is 102 Å². The first-order chi connectivity index (χ1) is 17.2. The fourth-order valence-electron chi connectivity index (χ4n) is 3.94. The van der Waals surface area contributed by atoms with Crippen LogP contribution < -0.4 is 18.5 Å². The number of nitriles is 1. The predicted molar refractivity (Wildman–Crippen MR) is 135 cm³/mol. The third-order valence-corrected chi connectivity index (χ3v) is 8.00. The minimum absolute atomic E-state index is 0.172. The van der Waals surface area contributed by atoms with E-state index in [-0.39, 0.29) is 6.79 Å². The van der Waals surface area contributed by atoms with Crippen LogP contribution in [-0.2, 0) is 0 Å². The van der Waals surface area contributed by atoms with Gasteiger partial charge in [0.25, 0.3) is 0 Å². The van der Waals surface area contributed by atoms with Gasteiger partial charge < -0.3 is 18.5 Å². The van der Waals surface area contributed by atoms with Crippen molar-refractivity contribution in [2.24, 2.45) is 4.74 Å². The summed E-state index contributed by atoms with van der Waals surface area (Å²) in [5.41, 5.74) is 3.00. The van der Waals surface area contributed by atoms with Gasteiger partial charge in [0.2, 0.25) is 6.79 Å². The van der Waals surface area contributed by atoms with E-state index in [1.165, 1.54) is 0 Å². The van der Waals surface area contributed by atoms with Crippen molar-refractivity contribution in [1.29, 1.82) is 5.26 Å². The van der Waals surface area contributed by atoms with E-state index >= 15 is 0 Å². The Kier molecular flexibility index (Phi) is 5.25. The molecule has 0 aromatic heterocycles. The maximum Gasteiger partial charge on any atom is 0.352 e. The molecule has 0 unspecified atom stereocenters. The van der Waals surface area contributed by atoms with Crippen LogP contribution >= 0.6 is 7.51 Å². The first-order valence-corrected chi connectivity index (χ1v) is 12.6. The van der Waals surface area contributed by atoms with Crippen molar-refractivity contribution in [1.82, 2.24) is 0 Å². The SMILES string of the molecule is N#Cc1ccc(C2=Cc3cc4c(cc3N=P2(Oc2ccccc2)Oc2ccccc2)OCO4)cc1. The number of benzene rings is 4. The van der Waals surface area contributed by atoms with Gasteiger partial charge in [-0.1, -0.05) is 48.5 Å². The third-order valence-electron chi connectivity index (χ3n) is 5.61. The number of rotatable bonds is 5. The molecule has 0 N–H and O–H groups in total. The van der Waals surface area contributed by atoms with Gasteiger partial charge in [0.15, 0.2) is 11.5 Å². The summed E-state index contributed by atoms with van der Waals surface area (Å²) in [6.45, 7) is 0.172. The van der Waals surface area contributed by atoms with Gasteiger partial charge >= 0.3 is 7.51 Å². The van der Waals surface area contributed by atoms with E-state index in [4.69, 9.17) is 23.3 Å². The molecule has 0 saturated heterocycles. The molecule has 0 aliphatic carbocycles. The number of hydrogen-bond acceptors (Lipinski definition) is 6. The van der Waals surface area contributed by atoms with Crippen molar-refractivity contribution < 1.29 is 18.5 Å². The highest BCUT2D eigenvalue weighted by Crippen LogP contribution is 2.67. The van der Waals surface area contributed by atoms with Gasteiger partial charge in [-0.05, 0) is 54.1 Å². The third kappa shape index (κ3) is 4.03. The monoisotopic (exact) mass is 478 g/mol. The molecule has 0 amide bonds. The van der Waals surface area contributed by atoms with Gasteiger partial charge in [-0.25, -0.2) is 0 Å². The summed E-state index contributed by atoms with van der Waals surface area (Å²) in [7, 11) is -3.14. The highest BCUT2D eigenvalue weighted by atomic mass is 31.2. The maximum absolute atomic E-state index is 9.30. The number of hydrogen-bond donors (Lipinski definition) is 0. The molecule has 6 rings (SSSR count). The topological polar surface area (TPSA) is 73.1 Å². The molecular formula is C28H19N2O4P. The van der Waals surface area contributed by atoms with Crippen molar-refractivity contribution in [3.63, 3.8) is 0 Å². The molecule has 170 valence electrons. The Hall–Kier alpha value is -4.46. The molecule has 0 spiro atoms. The summed E-state index contributed by atoms with van der Waals surface area (Å²) in [5.74, 6) is 2.60. The van der Waals surface area contributed by atoms with Crippen molar-refractivity contribution >= 4 is 24.6 Å². The standard InChI is InChI=1S/C28H19N2O4P/c29-18-20-11-13-21(14-12-20)28-16-22-15-26-27(32-19-31-26)17-25(22)30-35(28,33-23-7-3-1-4-8-23)34-24-9-5-2-6-10-24/h1-17H,19H2. The van der Waals surface area contributed by atoms with E-state index in [1.54, 1.807) is 12.1 Å². The fourth-order valence-corrected chi connectivity index (χ4v) is 6.41.